The molecule has 1 aliphatic rings. The number of carbonyl (C=O) groups is 1. The van der Waals surface area contributed by atoms with Crippen molar-refractivity contribution in [1.29, 1.82) is 0 Å². The second-order valence-electron chi connectivity index (χ2n) is 6.55. The fourth-order valence-electron chi connectivity index (χ4n) is 3.25. The van der Waals surface area contributed by atoms with E-state index in [9.17, 15) is 4.79 Å². The topological polar surface area (TPSA) is 49.0 Å². The Morgan fingerprint density at radius 2 is 2.00 bits per heavy atom. The van der Waals surface area contributed by atoms with Crippen LogP contribution in [0.15, 0.2) is 47.6 Å². The van der Waals surface area contributed by atoms with Gasteiger partial charge in [-0.05, 0) is 55.2 Å². The van der Waals surface area contributed by atoms with Gasteiger partial charge in [0, 0.05) is 29.4 Å². The largest absolute Gasteiger partial charge is 0.339 e. The highest BCUT2D eigenvalue weighted by Crippen LogP contribution is 2.25. The minimum absolute atomic E-state index is 0.148. The molecule has 4 nitrogen and oxygen atoms in total. The lowest BCUT2D eigenvalue weighted by atomic mass is 10.1. The Morgan fingerprint density at radius 3 is 2.85 bits per heavy atom. The van der Waals surface area contributed by atoms with Crippen LogP contribution in [0.5, 0.6) is 0 Å². The third kappa shape index (κ3) is 3.89. The van der Waals surface area contributed by atoms with Crippen LogP contribution in [0, 0.1) is 0 Å². The smallest absolute Gasteiger partial charge is 0.253 e. The number of likely N-dealkylation sites (tertiary alicyclic amines) is 1. The van der Waals surface area contributed by atoms with Crippen LogP contribution in [0.25, 0.3) is 11.0 Å². The number of H-pyrrole nitrogens is 1. The first-order valence-electron chi connectivity index (χ1n) is 8.85. The Labute approximate surface area is 161 Å². The van der Waals surface area contributed by atoms with Gasteiger partial charge in [-0.15, -0.1) is 0 Å². The first-order chi connectivity index (χ1) is 12.7. The SMILES string of the molecule is O=C(c1cccc(CSc2nc3ccc(Cl)cc3[nH]2)c1)N1CCCCC1. The minimum Gasteiger partial charge on any atom is -0.339 e. The number of imidazole rings is 1. The number of fused-ring (bicyclic) bond motifs is 1. The van der Waals surface area contributed by atoms with Crippen molar-refractivity contribution in [3.63, 3.8) is 0 Å². The highest BCUT2D eigenvalue weighted by molar-refractivity contribution is 7.98. The van der Waals surface area contributed by atoms with Crippen LogP contribution < -0.4 is 0 Å². The molecule has 2 heterocycles. The number of nitrogens with zero attached hydrogens (tertiary/aromatic N) is 2. The van der Waals surface area contributed by atoms with Crippen molar-refractivity contribution in [2.45, 2.75) is 30.2 Å². The maximum Gasteiger partial charge on any atom is 0.253 e. The number of piperidine rings is 1. The van der Waals surface area contributed by atoms with E-state index in [0.717, 1.165) is 59.0 Å². The molecule has 4 rings (SSSR count). The van der Waals surface area contributed by atoms with Gasteiger partial charge in [0.2, 0.25) is 0 Å². The van der Waals surface area contributed by atoms with Gasteiger partial charge in [0.1, 0.15) is 0 Å². The number of halogens is 1. The standard InChI is InChI=1S/C20H20ClN3OS/c21-16-7-8-17-18(12-16)23-20(22-17)26-13-14-5-4-6-15(11-14)19(25)24-9-2-1-3-10-24/h4-8,11-12H,1-3,9-10,13H2,(H,22,23). The summed E-state index contributed by atoms with van der Waals surface area (Å²) >= 11 is 7.65. The highest BCUT2D eigenvalue weighted by atomic mass is 35.5. The Kier molecular flexibility index (Phi) is 5.18. The normalized spacial score (nSPS) is 14.7. The van der Waals surface area contributed by atoms with Crippen molar-refractivity contribution in [2.75, 3.05) is 13.1 Å². The number of thioether (sulfide) groups is 1. The average Bonchev–Trinajstić information content (AvgIpc) is 3.09. The third-order valence-corrected chi connectivity index (χ3v) is 5.79. The van der Waals surface area contributed by atoms with E-state index < -0.39 is 0 Å². The molecule has 1 aliphatic heterocycles. The Morgan fingerprint density at radius 1 is 1.15 bits per heavy atom. The predicted octanol–water partition coefficient (Wildman–Crippen LogP) is 5.13. The van der Waals surface area contributed by atoms with Crippen LogP contribution >= 0.6 is 23.4 Å². The molecule has 1 aromatic heterocycles. The molecule has 1 N–H and O–H groups in total. The lowest BCUT2D eigenvalue weighted by Crippen LogP contribution is -2.35. The van der Waals surface area contributed by atoms with Crippen molar-refractivity contribution in [3.05, 3.63) is 58.6 Å². The van der Waals surface area contributed by atoms with Crippen molar-refractivity contribution in [1.82, 2.24) is 14.9 Å². The lowest BCUT2D eigenvalue weighted by molar-refractivity contribution is 0.0724. The number of amides is 1. The minimum atomic E-state index is 0.148. The molecule has 1 fully saturated rings. The molecule has 0 aliphatic carbocycles. The van der Waals surface area contributed by atoms with Crippen molar-refractivity contribution >= 4 is 40.3 Å². The first-order valence-corrected chi connectivity index (χ1v) is 10.2. The second-order valence-corrected chi connectivity index (χ2v) is 7.95. The van der Waals surface area contributed by atoms with Gasteiger partial charge in [-0.2, -0.15) is 0 Å². The van der Waals surface area contributed by atoms with E-state index in [4.69, 9.17) is 11.6 Å². The summed E-state index contributed by atoms with van der Waals surface area (Å²) in [4.78, 5) is 22.5. The van der Waals surface area contributed by atoms with Crippen molar-refractivity contribution in [2.24, 2.45) is 0 Å². The molecule has 0 spiro atoms. The Balaban J connectivity index is 1.45. The molecule has 0 radical (unpaired) electrons. The maximum atomic E-state index is 12.7. The monoisotopic (exact) mass is 385 g/mol. The molecule has 0 saturated carbocycles. The van der Waals surface area contributed by atoms with Gasteiger partial charge in [-0.1, -0.05) is 35.5 Å². The maximum absolute atomic E-state index is 12.7. The molecular weight excluding hydrogens is 366 g/mol. The lowest BCUT2D eigenvalue weighted by Gasteiger charge is -2.26. The Bertz CT molecular complexity index is 934. The average molecular weight is 386 g/mol. The van der Waals surface area contributed by atoms with Crippen LogP contribution in [0.1, 0.15) is 35.2 Å². The summed E-state index contributed by atoms with van der Waals surface area (Å²) in [6, 6.07) is 13.6. The molecule has 0 unspecified atom stereocenters. The fourth-order valence-corrected chi connectivity index (χ4v) is 4.25. The predicted molar refractivity (Wildman–Crippen MR) is 107 cm³/mol. The molecule has 2 aromatic carbocycles. The van der Waals surface area contributed by atoms with Gasteiger partial charge < -0.3 is 9.88 Å². The fraction of sp³-hybridized carbons (Fsp3) is 0.300. The quantitative estimate of drug-likeness (QED) is 0.633. The summed E-state index contributed by atoms with van der Waals surface area (Å²) < 4.78 is 0. The summed E-state index contributed by atoms with van der Waals surface area (Å²) in [5.74, 6) is 0.907. The Hall–Kier alpha value is -1.98. The molecule has 0 bridgehead atoms. The summed E-state index contributed by atoms with van der Waals surface area (Å²) in [5.41, 5.74) is 3.75. The van der Waals surface area contributed by atoms with Crippen molar-refractivity contribution < 1.29 is 4.79 Å². The van der Waals surface area contributed by atoms with Gasteiger partial charge in [-0.25, -0.2) is 4.98 Å². The zero-order chi connectivity index (χ0) is 17.9. The molecule has 134 valence electrons. The number of rotatable bonds is 4. The number of hydrogen-bond donors (Lipinski definition) is 1. The molecule has 0 atom stereocenters. The first kappa shape index (κ1) is 17.4. The van der Waals surface area contributed by atoms with E-state index in [1.54, 1.807) is 11.8 Å². The second kappa shape index (κ2) is 7.72. The van der Waals surface area contributed by atoms with E-state index in [2.05, 4.69) is 16.0 Å². The van der Waals surface area contributed by atoms with Crippen LogP contribution in [0.4, 0.5) is 0 Å². The van der Waals surface area contributed by atoms with E-state index in [0.29, 0.717) is 5.02 Å². The summed E-state index contributed by atoms with van der Waals surface area (Å²) in [7, 11) is 0. The van der Waals surface area contributed by atoms with E-state index in [1.165, 1.54) is 6.42 Å². The molecule has 1 saturated heterocycles. The number of aromatic nitrogens is 2. The molecule has 1 amide bonds. The molecule has 26 heavy (non-hydrogen) atoms. The van der Waals surface area contributed by atoms with Gasteiger partial charge in [-0.3, -0.25) is 4.79 Å². The van der Waals surface area contributed by atoms with Crippen LogP contribution in [-0.2, 0) is 5.75 Å². The van der Waals surface area contributed by atoms with Gasteiger partial charge in [0.05, 0.1) is 11.0 Å². The van der Waals surface area contributed by atoms with E-state index in [1.807, 2.05) is 41.3 Å². The van der Waals surface area contributed by atoms with E-state index >= 15 is 0 Å². The zero-order valence-corrected chi connectivity index (χ0v) is 15.9. The zero-order valence-electron chi connectivity index (χ0n) is 14.4. The number of nitrogens with one attached hydrogen (secondary N) is 1. The van der Waals surface area contributed by atoms with E-state index in [-0.39, 0.29) is 5.91 Å². The summed E-state index contributed by atoms with van der Waals surface area (Å²) in [6.45, 7) is 1.75. The third-order valence-electron chi connectivity index (χ3n) is 4.61. The number of hydrogen-bond acceptors (Lipinski definition) is 3. The van der Waals surface area contributed by atoms with Crippen LogP contribution in [-0.4, -0.2) is 33.9 Å². The molecule has 3 aromatic rings. The summed E-state index contributed by atoms with van der Waals surface area (Å²) in [6.07, 6.45) is 3.44. The molecule has 6 heteroatoms. The van der Waals surface area contributed by atoms with Gasteiger partial charge in [0.15, 0.2) is 5.16 Å². The van der Waals surface area contributed by atoms with Crippen LogP contribution in [0.3, 0.4) is 0 Å². The number of carbonyl (C=O) groups excluding carboxylic acids is 1. The number of benzene rings is 2. The van der Waals surface area contributed by atoms with Gasteiger partial charge in [0.25, 0.3) is 5.91 Å². The molecular formula is C20H20ClN3OS. The van der Waals surface area contributed by atoms with Crippen molar-refractivity contribution in [3.8, 4) is 0 Å². The van der Waals surface area contributed by atoms with Crippen LogP contribution in [0.2, 0.25) is 5.02 Å². The highest BCUT2D eigenvalue weighted by Gasteiger charge is 2.18. The van der Waals surface area contributed by atoms with Gasteiger partial charge >= 0.3 is 0 Å². The summed E-state index contributed by atoms with van der Waals surface area (Å²) in [5, 5.41) is 1.55. The number of aromatic amines is 1.